The van der Waals surface area contributed by atoms with Crippen LogP contribution < -0.4 is 5.32 Å². The van der Waals surface area contributed by atoms with Crippen LogP contribution in [0.5, 0.6) is 0 Å². The highest BCUT2D eigenvalue weighted by Gasteiger charge is 2.33. The van der Waals surface area contributed by atoms with E-state index >= 15 is 0 Å². The Hall–Kier alpha value is -0.870. The minimum absolute atomic E-state index is 0.0840. The van der Waals surface area contributed by atoms with E-state index in [1.165, 1.54) is 12.8 Å². The molecule has 0 saturated heterocycles. The van der Waals surface area contributed by atoms with Gasteiger partial charge in [0.05, 0.1) is 13.2 Å². The van der Waals surface area contributed by atoms with Gasteiger partial charge < -0.3 is 15.4 Å². The minimum atomic E-state index is -0.0840. The van der Waals surface area contributed by atoms with Crippen LogP contribution in [0.15, 0.2) is 12.4 Å². The molecule has 1 heterocycles. The van der Waals surface area contributed by atoms with Gasteiger partial charge >= 0.3 is 0 Å². The molecule has 1 aromatic rings. The summed E-state index contributed by atoms with van der Waals surface area (Å²) in [6, 6.07) is 0. The molecule has 0 radical (unpaired) electrons. The minimum Gasteiger partial charge on any atom is -0.394 e. The zero-order chi connectivity index (χ0) is 11.4. The lowest BCUT2D eigenvalue weighted by molar-refractivity contribution is 0.103. The van der Waals surface area contributed by atoms with E-state index in [0.29, 0.717) is 6.54 Å². The van der Waals surface area contributed by atoms with Gasteiger partial charge in [-0.2, -0.15) is 0 Å². The van der Waals surface area contributed by atoms with Crippen molar-refractivity contribution in [2.24, 2.45) is 5.92 Å². The summed E-state index contributed by atoms with van der Waals surface area (Å²) in [5, 5.41) is 13.0. The van der Waals surface area contributed by atoms with E-state index in [2.05, 4.69) is 22.2 Å². The zero-order valence-electron chi connectivity index (χ0n) is 9.87. The molecule has 0 unspecified atom stereocenters. The largest absolute Gasteiger partial charge is 0.394 e. The maximum Gasteiger partial charge on any atom is 0.120 e. The lowest BCUT2D eigenvalue weighted by Gasteiger charge is -2.38. The number of rotatable bonds is 4. The highest BCUT2D eigenvalue weighted by Crippen LogP contribution is 2.31. The molecule has 16 heavy (non-hydrogen) atoms. The summed E-state index contributed by atoms with van der Waals surface area (Å²) in [5.74, 6) is 1.73. The number of aliphatic hydroxyl groups excluding tert-OH is 1. The van der Waals surface area contributed by atoms with Crippen molar-refractivity contribution in [3.8, 4) is 0 Å². The van der Waals surface area contributed by atoms with Gasteiger partial charge in [0.25, 0.3) is 0 Å². The van der Waals surface area contributed by atoms with Gasteiger partial charge in [-0.15, -0.1) is 0 Å². The molecule has 0 amide bonds. The molecule has 1 fully saturated rings. The molecule has 3 N–H and O–H groups in total. The molecule has 1 aliphatic carbocycles. The van der Waals surface area contributed by atoms with Crippen LogP contribution in [-0.2, 0) is 6.54 Å². The van der Waals surface area contributed by atoms with Gasteiger partial charge in [0, 0.05) is 17.9 Å². The molecule has 2 rings (SSSR count). The Balaban J connectivity index is 1.89. The SMILES string of the molecule is CC1CCC(CO)(NCc2ncc[nH]2)CC1. The maximum absolute atomic E-state index is 9.56. The standard InChI is InChI=1S/C12H21N3O/c1-10-2-4-12(9-16,5-3-10)15-8-11-13-6-7-14-11/h6-7,10,15-16H,2-5,8-9H2,1H3,(H,13,14). The molecule has 4 nitrogen and oxygen atoms in total. The first-order valence-corrected chi connectivity index (χ1v) is 6.08. The van der Waals surface area contributed by atoms with Gasteiger partial charge in [0.2, 0.25) is 0 Å². The van der Waals surface area contributed by atoms with Crippen molar-refractivity contribution in [1.29, 1.82) is 0 Å². The van der Waals surface area contributed by atoms with E-state index < -0.39 is 0 Å². The lowest BCUT2D eigenvalue weighted by atomic mass is 9.77. The number of hydrogen-bond donors (Lipinski definition) is 3. The summed E-state index contributed by atoms with van der Waals surface area (Å²) in [6.45, 7) is 3.22. The number of aromatic nitrogens is 2. The van der Waals surface area contributed by atoms with Crippen LogP contribution in [0.1, 0.15) is 38.4 Å². The Morgan fingerprint density at radius 3 is 2.88 bits per heavy atom. The Bertz CT molecular complexity index is 302. The fourth-order valence-electron chi connectivity index (χ4n) is 2.37. The van der Waals surface area contributed by atoms with Crippen LogP contribution >= 0.6 is 0 Å². The monoisotopic (exact) mass is 223 g/mol. The second-order valence-corrected chi connectivity index (χ2v) is 5.01. The van der Waals surface area contributed by atoms with Gasteiger partial charge in [0.15, 0.2) is 0 Å². The third kappa shape index (κ3) is 2.62. The Labute approximate surface area is 96.5 Å². The molecule has 0 atom stereocenters. The molecule has 90 valence electrons. The third-order valence-electron chi connectivity index (χ3n) is 3.72. The van der Waals surface area contributed by atoms with E-state index in [0.717, 1.165) is 24.6 Å². The van der Waals surface area contributed by atoms with Gasteiger partial charge in [-0.05, 0) is 31.6 Å². The number of aliphatic hydroxyl groups is 1. The smallest absolute Gasteiger partial charge is 0.120 e. The van der Waals surface area contributed by atoms with Crippen LogP contribution in [0.3, 0.4) is 0 Å². The van der Waals surface area contributed by atoms with Crippen molar-refractivity contribution in [3.05, 3.63) is 18.2 Å². The van der Waals surface area contributed by atoms with Crippen molar-refractivity contribution in [2.45, 2.75) is 44.7 Å². The second-order valence-electron chi connectivity index (χ2n) is 5.01. The molecular formula is C12H21N3O. The van der Waals surface area contributed by atoms with Crippen LogP contribution in [0.4, 0.5) is 0 Å². The fourth-order valence-corrected chi connectivity index (χ4v) is 2.37. The van der Waals surface area contributed by atoms with E-state index in [-0.39, 0.29) is 12.1 Å². The first kappa shape index (κ1) is 11.6. The van der Waals surface area contributed by atoms with Gasteiger partial charge in [-0.1, -0.05) is 6.92 Å². The Morgan fingerprint density at radius 2 is 2.31 bits per heavy atom. The summed E-state index contributed by atoms with van der Waals surface area (Å²) < 4.78 is 0. The summed E-state index contributed by atoms with van der Waals surface area (Å²) in [4.78, 5) is 7.25. The quantitative estimate of drug-likeness (QED) is 0.724. The van der Waals surface area contributed by atoms with E-state index in [4.69, 9.17) is 0 Å². The molecule has 1 aliphatic rings. The van der Waals surface area contributed by atoms with Gasteiger partial charge in [-0.25, -0.2) is 4.98 Å². The van der Waals surface area contributed by atoms with Crippen molar-refractivity contribution in [2.75, 3.05) is 6.61 Å². The molecule has 0 aliphatic heterocycles. The number of aromatic amines is 1. The number of nitrogens with zero attached hydrogens (tertiary/aromatic N) is 1. The summed E-state index contributed by atoms with van der Waals surface area (Å²) in [6.07, 6.45) is 8.10. The number of nitrogens with one attached hydrogen (secondary N) is 2. The van der Waals surface area contributed by atoms with E-state index in [9.17, 15) is 5.11 Å². The zero-order valence-corrected chi connectivity index (χ0v) is 9.87. The summed E-state index contributed by atoms with van der Waals surface area (Å²) in [7, 11) is 0. The van der Waals surface area contributed by atoms with E-state index in [1.807, 2.05) is 6.20 Å². The van der Waals surface area contributed by atoms with Crippen molar-refractivity contribution < 1.29 is 5.11 Å². The highest BCUT2D eigenvalue weighted by atomic mass is 16.3. The molecule has 1 saturated carbocycles. The first-order valence-electron chi connectivity index (χ1n) is 6.08. The lowest BCUT2D eigenvalue weighted by Crippen LogP contribution is -2.50. The average molecular weight is 223 g/mol. The number of imidazole rings is 1. The van der Waals surface area contributed by atoms with Crippen molar-refractivity contribution in [3.63, 3.8) is 0 Å². The maximum atomic E-state index is 9.56. The normalized spacial score (nSPS) is 30.5. The van der Waals surface area contributed by atoms with Crippen LogP contribution in [0, 0.1) is 5.92 Å². The molecule has 0 bridgehead atoms. The number of hydrogen-bond acceptors (Lipinski definition) is 3. The molecule has 4 heteroatoms. The highest BCUT2D eigenvalue weighted by molar-refractivity contribution is 4.95. The summed E-state index contributed by atoms with van der Waals surface area (Å²) in [5.41, 5.74) is -0.0840. The average Bonchev–Trinajstić information content (AvgIpc) is 2.82. The summed E-state index contributed by atoms with van der Waals surface area (Å²) >= 11 is 0. The van der Waals surface area contributed by atoms with E-state index in [1.54, 1.807) is 6.20 Å². The third-order valence-corrected chi connectivity index (χ3v) is 3.72. The van der Waals surface area contributed by atoms with Gasteiger partial charge in [0.1, 0.15) is 5.82 Å². The van der Waals surface area contributed by atoms with Crippen molar-refractivity contribution >= 4 is 0 Å². The van der Waals surface area contributed by atoms with Crippen LogP contribution in [0.25, 0.3) is 0 Å². The molecular weight excluding hydrogens is 202 g/mol. The molecule has 0 spiro atoms. The Kier molecular flexibility index (Phi) is 3.61. The fraction of sp³-hybridized carbons (Fsp3) is 0.750. The molecule has 1 aromatic heterocycles. The van der Waals surface area contributed by atoms with Crippen molar-refractivity contribution in [1.82, 2.24) is 15.3 Å². The van der Waals surface area contributed by atoms with Crippen LogP contribution in [-0.4, -0.2) is 27.2 Å². The predicted octanol–water partition coefficient (Wildman–Crippen LogP) is 1.44. The number of H-pyrrole nitrogens is 1. The van der Waals surface area contributed by atoms with Crippen LogP contribution in [0.2, 0.25) is 0 Å². The second kappa shape index (κ2) is 4.97. The first-order chi connectivity index (χ1) is 7.74. The van der Waals surface area contributed by atoms with Gasteiger partial charge in [-0.3, -0.25) is 0 Å². The molecule has 0 aromatic carbocycles. The Morgan fingerprint density at radius 1 is 1.56 bits per heavy atom. The predicted molar refractivity (Wildman–Crippen MR) is 62.9 cm³/mol. The topological polar surface area (TPSA) is 60.9 Å².